The molecular weight excluding hydrogens is 230 g/mol. The van der Waals surface area contributed by atoms with Crippen LogP contribution in [0.5, 0.6) is 0 Å². The number of nitrogens with zero attached hydrogens (tertiary/aromatic N) is 1. The number of furan rings is 1. The Morgan fingerprint density at radius 3 is 3.06 bits per heavy atom. The van der Waals surface area contributed by atoms with Gasteiger partial charge in [-0.05, 0) is 12.1 Å². The minimum atomic E-state index is -1.01. The van der Waals surface area contributed by atoms with Gasteiger partial charge >= 0.3 is 5.97 Å². The van der Waals surface area contributed by atoms with Crippen molar-refractivity contribution in [2.24, 2.45) is 0 Å². The van der Waals surface area contributed by atoms with E-state index in [-0.39, 0.29) is 11.6 Å². The second kappa shape index (κ2) is 4.91. The first kappa shape index (κ1) is 10.8. The number of carbonyl (C=O) groups is 1. The van der Waals surface area contributed by atoms with Gasteiger partial charge in [0.05, 0.1) is 18.6 Å². The van der Waals surface area contributed by atoms with Crippen LogP contribution in [0.25, 0.3) is 0 Å². The zero-order valence-electron chi connectivity index (χ0n) is 8.25. The quantitative estimate of drug-likeness (QED) is 0.865. The van der Waals surface area contributed by atoms with E-state index in [0.717, 1.165) is 17.1 Å². The third-order valence-electron chi connectivity index (χ3n) is 1.81. The topological polar surface area (TPSA) is 72.6 Å². The maximum Gasteiger partial charge on any atom is 0.365 e. The van der Waals surface area contributed by atoms with Crippen molar-refractivity contribution in [2.45, 2.75) is 13.2 Å². The Bertz CT molecular complexity index is 463. The Hall–Kier alpha value is -1.66. The first-order valence-corrected chi connectivity index (χ1v) is 5.41. The van der Waals surface area contributed by atoms with E-state index in [1.54, 1.807) is 17.7 Å². The number of hydrogen-bond acceptors (Lipinski definition) is 5. The van der Waals surface area contributed by atoms with E-state index in [1.807, 2.05) is 6.07 Å². The van der Waals surface area contributed by atoms with Crippen molar-refractivity contribution in [3.63, 3.8) is 0 Å². The first-order chi connectivity index (χ1) is 7.75. The van der Waals surface area contributed by atoms with Crippen LogP contribution in [0.15, 0.2) is 28.2 Å². The third kappa shape index (κ3) is 2.68. The Balaban J connectivity index is 1.83. The number of carboxylic acid groups (broad SMARTS) is 1. The molecular formula is C10H9NO4S. The molecule has 2 rings (SSSR count). The average molecular weight is 239 g/mol. The molecule has 0 aliphatic rings. The predicted octanol–water partition coefficient (Wildman–Crippen LogP) is 2.15. The number of rotatable bonds is 5. The summed E-state index contributed by atoms with van der Waals surface area (Å²) in [6.07, 6.45) is 1.57. The molecule has 0 spiro atoms. The summed E-state index contributed by atoms with van der Waals surface area (Å²) in [6.45, 7) is 0.636. The lowest BCUT2D eigenvalue weighted by molar-refractivity contribution is 0.0693. The molecule has 0 fully saturated rings. The fraction of sp³-hybridized carbons (Fsp3) is 0.200. The maximum atomic E-state index is 10.6. The highest BCUT2D eigenvalue weighted by Gasteiger charge is 2.08. The van der Waals surface area contributed by atoms with Crippen molar-refractivity contribution in [3.8, 4) is 0 Å². The minimum absolute atomic E-state index is 0.0802. The van der Waals surface area contributed by atoms with Crippen LogP contribution in [0, 0.1) is 0 Å². The summed E-state index contributed by atoms with van der Waals surface area (Å²) in [7, 11) is 0. The number of aromatic nitrogens is 1. The highest BCUT2D eigenvalue weighted by Crippen LogP contribution is 2.11. The van der Waals surface area contributed by atoms with Crippen molar-refractivity contribution >= 4 is 17.3 Å². The molecule has 0 saturated heterocycles. The van der Waals surface area contributed by atoms with Crippen LogP contribution in [-0.4, -0.2) is 16.1 Å². The molecule has 6 heteroatoms. The lowest BCUT2D eigenvalue weighted by Crippen LogP contribution is -1.97. The zero-order chi connectivity index (χ0) is 11.4. The standard InChI is InChI=1S/C10H9NO4S/c12-10(13)9-11-7(6-16-9)4-14-5-8-2-1-3-15-8/h1-3,6H,4-5H2,(H,12,13). The van der Waals surface area contributed by atoms with Gasteiger partial charge in [-0.3, -0.25) is 0 Å². The highest BCUT2D eigenvalue weighted by atomic mass is 32.1. The smallest absolute Gasteiger partial charge is 0.365 e. The summed E-state index contributed by atoms with van der Waals surface area (Å²) in [5.74, 6) is -0.282. The van der Waals surface area contributed by atoms with Crippen molar-refractivity contribution in [2.75, 3.05) is 0 Å². The zero-order valence-corrected chi connectivity index (χ0v) is 9.07. The fourth-order valence-electron chi connectivity index (χ4n) is 1.12. The molecule has 0 atom stereocenters. The summed E-state index contributed by atoms with van der Waals surface area (Å²) in [4.78, 5) is 14.5. The molecule has 2 aromatic heterocycles. The Kier molecular flexibility index (Phi) is 3.33. The number of hydrogen-bond donors (Lipinski definition) is 1. The van der Waals surface area contributed by atoms with Gasteiger partial charge in [0.1, 0.15) is 12.4 Å². The molecule has 0 radical (unpaired) electrons. The van der Waals surface area contributed by atoms with Crippen molar-refractivity contribution < 1.29 is 19.1 Å². The number of ether oxygens (including phenoxy) is 1. The summed E-state index contributed by atoms with van der Waals surface area (Å²) in [5.41, 5.74) is 0.619. The van der Waals surface area contributed by atoms with E-state index >= 15 is 0 Å². The average Bonchev–Trinajstić information content (AvgIpc) is 2.87. The van der Waals surface area contributed by atoms with Crippen molar-refractivity contribution in [3.05, 3.63) is 40.2 Å². The number of carboxylic acids is 1. The van der Waals surface area contributed by atoms with Gasteiger partial charge in [-0.25, -0.2) is 9.78 Å². The first-order valence-electron chi connectivity index (χ1n) is 4.53. The van der Waals surface area contributed by atoms with E-state index in [0.29, 0.717) is 12.3 Å². The number of thiazole rings is 1. The summed E-state index contributed by atoms with van der Waals surface area (Å²) in [5, 5.41) is 10.4. The van der Waals surface area contributed by atoms with Gasteiger partial charge in [-0.2, -0.15) is 0 Å². The normalized spacial score (nSPS) is 10.5. The lowest BCUT2D eigenvalue weighted by atomic mass is 10.5. The molecule has 0 unspecified atom stereocenters. The van der Waals surface area contributed by atoms with Crippen LogP contribution in [0.3, 0.4) is 0 Å². The van der Waals surface area contributed by atoms with Gasteiger partial charge in [0, 0.05) is 5.38 Å². The molecule has 0 aliphatic heterocycles. The summed E-state index contributed by atoms with van der Waals surface area (Å²) in [6, 6.07) is 3.59. The second-order valence-electron chi connectivity index (χ2n) is 3.02. The van der Waals surface area contributed by atoms with Crippen LogP contribution in [0.4, 0.5) is 0 Å². The molecule has 0 aliphatic carbocycles. The molecule has 0 bridgehead atoms. The van der Waals surface area contributed by atoms with E-state index in [4.69, 9.17) is 14.3 Å². The monoisotopic (exact) mass is 239 g/mol. The van der Waals surface area contributed by atoms with Crippen molar-refractivity contribution in [1.82, 2.24) is 4.98 Å². The van der Waals surface area contributed by atoms with Gasteiger partial charge in [0.2, 0.25) is 5.01 Å². The van der Waals surface area contributed by atoms with Crippen molar-refractivity contribution in [1.29, 1.82) is 0 Å². The lowest BCUT2D eigenvalue weighted by Gasteiger charge is -1.98. The van der Waals surface area contributed by atoms with E-state index in [9.17, 15) is 4.79 Å². The van der Waals surface area contributed by atoms with Crippen LogP contribution in [0.2, 0.25) is 0 Å². The van der Waals surface area contributed by atoms with Crippen LogP contribution in [0.1, 0.15) is 21.3 Å². The molecule has 0 aromatic carbocycles. The van der Waals surface area contributed by atoms with Gasteiger partial charge in [-0.1, -0.05) is 0 Å². The van der Waals surface area contributed by atoms with Gasteiger partial charge in [-0.15, -0.1) is 11.3 Å². The Morgan fingerprint density at radius 2 is 2.44 bits per heavy atom. The predicted molar refractivity (Wildman–Crippen MR) is 56.3 cm³/mol. The van der Waals surface area contributed by atoms with Crippen LogP contribution >= 0.6 is 11.3 Å². The second-order valence-corrected chi connectivity index (χ2v) is 3.88. The summed E-state index contributed by atoms with van der Waals surface area (Å²) < 4.78 is 10.4. The third-order valence-corrected chi connectivity index (χ3v) is 2.69. The maximum absolute atomic E-state index is 10.6. The Morgan fingerprint density at radius 1 is 1.56 bits per heavy atom. The molecule has 0 amide bonds. The van der Waals surface area contributed by atoms with Gasteiger partial charge in [0.15, 0.2) is 0 Å². The van der Waals surface area contributed by atoms with Gasteiger partial charge in [0.25, 0.3) is 0 Å². The molecule has 84 valence electrons. The summed E-state index contributed by atoms with van der Waals surface area (Å²) >= 11 is 1.09. The fourth-order valence-corrected chi connectivity index (χ4v) is 1.76. The van der Waals surface area contributed by atoms with E-state index < -0.39 is 5.97 Å². The number of aromatic carboxylic acids is 1. The molecule has 1 N–H and O–H groups in total. The van der Waals surface area contributed by atoms with E-state index in [1.165, 1.54) is 0 Å². The Labute approximate surface area is 95.3 Å². The molecule has 0 saturated carbocycles. The van der Waals surface area contributed by atoms with Crippen LogP contribution in [-0.2, 0) is 18.0 Å². The molecule has 16 heavy (non-hydrogen) atoms. The SMILES string of the molecule is O=C(O)c1nc(COCc2ccco2)cs1. The van der Waals surface area contributed by atoms with Crippen LogP contribution < -0.4 is 0 Å². The van der Waals surface area contributed by atoms with E-state index in [2.05, 4.69) is 4.98 Å². The molecule has 2 aromatic rings. The highest BCUT2D eigenvalue weighted by molar-refractivity contribution is 7.11. The largest absolute Gasteiger partial charge is 0.476 e. The van der Waals surface area contributed by atoms with Gasteiger partial charge < -0.3 is 14.3 Å². The molecule has 5 nitrogen and oxygen atoms in total. The minimum Gasteiger partial charge on any atom is -0.476 e. The molecule has 2 heterocycles.